The molecule has 1 rings (SSSR count). The second-order valence-electron chi connectivity index (χ2n) is 2.79. The fourth-order valence-corrected chi connectivity index (χ4v) is 1.86. The second kappa shape index (κ2) is 5.27. The summed E-state index contributed by atoms with van der Waals surface area (Å²) >= 11 is 8.55. The summed E-state index contributed by atoms with van der Waals surface area (Å²) in [5.41, 5.74) is -0.428. The lowest BCUT2D eigenvalue weighted by atomic mass is 10.1. The largest absolute Gasteiger partial charge is 0.495 e. The highest BCUT2D eigenvalue weighted by Crippen LogP contribution is 2.35. The van der Waals surface area contributed by atoms with Crippen LogP contribution in [0.15, 0.2) is 16.6 Å². The highest BCUT2D eigenvalue weighted by Gasteiger charge is 2.26. The van der Waals surface area contributed by atoms with Crippen LogP contribution in [0.3, 0.4) is 0 Å². The van der Waals surface area contributed by atoms with E-state index in [2.05, 4.69) is 15.9 Å². The van der Waals surface area contributed by atoms with E-state index in [9.17, 15) is 14.9 Å². The van der Waals surface area contributed by atoms with Crippen molar-refractivity contribution < 1.29 is 14.5 Å². The van der Waals surface area contributed by atoms with Gasteiger partial charge in [-0.2, -0.15) is 0 Å². The quantitative estimate of drug-likeness (QED) is 0.371. The predicted octanol–water partition coefficient (Wildman–Crippen LogP) is 2.79. The third-order valence-electron chi connectivity index (χ3n) is 1.89. The lowest BCUT2D eigenvalue weighted by Crippen LogP contribution is -2.08. The van der Waals surface area contributed by atoms with Crippen LogP contribution in [-0.2, 0) is 0 Å². The molecule has 7 heteroatoms. The first-order valence-electron chi connectivity index (χ1n) is 4.13. The van der Waals surface area contributed by atoms with Crippen molar-refractivity contribution in [3.05, 3.63) is 32.3 Å². The molecule has 0 saturated heterocycles. The van der Waals surface area contributed by atoms with E-state index in [1.54, 1.807) is 0 Å². The zero-order valence-corrected chi connectivity index (χ0v) is 10.5. The number of benzene rings is 1. The summed E-state index contributed by atoms with van der Waals surface area (Å²) in [6.45, 7) is 0. The van der Waals surface area contributed by atoms with E-state index < -0.39 is 10.7 Å². The number of nitro groups is 1. The lowest BCUT2D eigenvalue weighted by Gasteiger charge is -2.08. The molecule has 0 bridgehead atoms. The van der Waals surface area contributed by atoms with Crippen molar-refractivity contribution >= 4 is 39.0 Å². The van der Waals surface area contributed by atoms with Crippen LogP contribution in [0.1, 0.15) is 10.4 Å². The molecule has 86 valence electrons. The van der Waals surface area contributed by atoms with Gasteiger partial charge in [-0.1, -0.05) is 0 Å². The molecule has 0 aliphatic rings. The molecular formula is C9H7BrClNO4. The van der Waals surface area contributed by atoms with Crippen LogP contribution in [-0.4, -0.2) is 23.7 Å². The van der Waals surface area contributed by atoms with Gasteiger partial charge in [-0.05, 0) is 22.0 Å². The van der Waals surface area contributed by atoms with Gasteiger partial charge in [-0.3, -0.25) is 14.9 Å². The molecule has 0 saturated carbocycles. The van der Waals surface area contributed by atoms with Gasteiger partial charge in [0.05, 0.1) is 22.4 Å². The Kier molecular flexibility index (Phi) is 4.26. The monoisotopic (exact) mass is 307 g/mol. The number of hydrogen-bond donors (Lipinski definition) is 0. The fraction of sp³-hybridized carbons (Fsp3) is 0.222. The number of methoxy groups -OCH3 is 1. The van der Waals surface area contributed by atoms with Gasteiger partial charge in [-0.25, -0.2) is 0 Å². The number of ether oxygens (including phenoxy) is 1. The molecule has 0 heterocycles. The van der Waals surface area contributed by atoms with E-state index in [4.69, 9.17) is 16.3 Å². The topological polar surface area (TPSA) is 69.4 Å². The zero-order valence-electron chi connectivity index (χ0n) is 8.20. The average Bonchev–Trinajstić information content (AvgIpc) is 2.27. The predicted molar refractivity (Wildman–Crippen MR) is 62.4 cm³/mol. The summed E-state index contributed by atoms with van der Waals surface area (Å²) in [6.07, 6.45) is 0. The normalized spacial score (nSPS) is 9.94. The highest BCUT2D eigenvalue weighted by atomic mass is 79.9. The maximum Gasteiger partial charge on any atom is 0.284 e. The third-order valence-corrected chi connectivity index (χ3v) is 2.76. The van der Waals surface area contributed by atoms with Crippen LogP contribution in [0, 0.1) is 10.1 Å². The van der Waals surface area contributed by atoms with Crippen LogP contribution in [0.5, 0.6) is 5.75 Å². The number of hydrogen-bond acceptors (Lipinski definition) is 4. The maximum absolute atomic E-state index is 11.5. The fourth-order valence-electron chi connectivity index (χ4n) is 1.23. The number of carbonyl (C=O) groups is 1. The number of Topliss-reactive ketones (excluding diaryl/α,β-unsaturated/α-hetero) is 1. The Morgan fingerprint density at radius 3 is 2.69 bits per heavy atom. The summed E-state index contributed by atoms with van der Waals surface area (Å²) in [7, 11) is 1.33. The van der Waals surface area contributed by atoms with E-state index in [1.807, 2.05) is 0 Å². The van der Waals surface area contributed by atoms with Crippen LogP contribution >= 0.6 is 27.5 Å². The van der Waals surface area contributed by atoms with Crippen molar-refractivity contribution in [3.8, 4) is 5.75 Å². The Morgan fingerprint density at radius 1 is 1.62 bits per heavy atom. The van der Waals surface area contributed by atoms with Crippen LogP contribution in [0.2, 0.25) is 0 Å². The minimum atomic E-state index is -0.644. The van der Waals surface area contributed by atoms with Crippen molar-refractivity contribution in [1.82, 2.24) is 0 Å². The number of ketones is 1. The number of nitro benzene ring substituents is 1. The van der Waals surface area contributed by atoms with Gasteiger partial charge < -0.3 is 4.74 Å². The molecule has 0 fully saturated rings. The van der Waals surface area contributed by atoms with E-state index in [1.165, 1.54) is 19.2 Å². The minimum Gasteiger partial charge on any atom is -0.495 e. The van der Waals surface area contributed by atoms with Crippen molar-refractivity contribution in [2.75, 3.05) is 13.0 Å². The number of rotatable bonds is 4. The Labute approximate surface area is 105 Å². The lowest BCUT2D eigenvalue weighted by molar-refractivity contribution is -0.385. The van der Waals surface area contributed by atoms with Gasteiger partial charge in [0, 0.05) is 6.07 Å². The zero-order chi connectivity index (χ0) is 12.3. The molecule has 5 nitrogen and oxygen atoms in total. The Balaban J connectivity index is 3.53. The number of halogens is 2. The molecule has 0 radical (unpaired) electrons. The molecule has 1 aromatic rings. The summed E-state index contributed by atoms with van der Waals surface area (Å²) < 4.78 is 5.43. The third kappa shape index (κ3) is 2.33. The van der Waals surface area contributed by atoms with Gasteiger partial charge >= 0.3 is 0 Å². The van der Waals surface area contributed by atoms with Gasteiger partial charge in [-0.15, -0.1) is 11.6 Å². The van der Waals surface area contributed by atoms with Crippen molar-refractivity contribution in [3.63, 3.8) is 0 Å². The smallest absolute Gasteiger partial charge is 0.284 e. The first-order valence-corrected chi connectivity index (χ1v) is 5.45. The number of nitrogens with zero attached hydrogens (tertiary/aromatic N) is 1. The molecular weight excluding hydrogens is 301 g/mol. The average molecular weight is 309 g/mol. The van der Waals surface area contributed by atoms with E-state index in [0.717, 1.165) is 0 Å². The summed E-state index contributed by atoms with van der Waals surface area (Å²) in [6, 6.07) is 2.67. The number of alkyl halides is 1. The molecule has 0 spiro atoms. The summed E-state index contributed by atoms with van der Waals surface area (Å²) in [5, 5.41) is 10.8. The van der Waals surface area contributed by atoms with E-state index >= 15 is 0 Å². The van der Waals surface area contributed by atoms with Gasteiger partial charge in [0.25, 0.3) is 5.69 Å². The summed E-state index contributed by atoms with van der Waals surface area (Å²) in [4.78, 5) is 21.7. The van der Waals surface area contributed by atoms with E-state index in [-0.39, 0.29) is 22.9 Å². The molecule has 0 aliphatic carbocycles. The Hall–Kier alpha value is -1.14. The second-order valence-corrected chi connectivity index (χ2v) is 3.91. The first kappa shape index (κ1) is 12.9. The van der Waals surface area contributed by atoms with Crippen LogP contribution < -0.4 is 4.74 Å². The molecule has 0 atom stereocenters. The minimum absolute atomic E-state index is 0.114. The molecule has 0 N–H and O–H groups in total. The SMILES string of the molecule is COc1c(Br)ccc([N+](=O)[O-])c1C(=O)CCl. The Bertz CT molecular complexity index is 449. The summed E-state index contributed by atoms with van der Waals surface area (Å²) in [5.74, 6) is -0.764. The van der Waals surface area contributed by atoms with Gasteiger partial charge in [0.15, 0.2) is 11.5 Å². The van der Waals surface area contributed by atoms with Crippen molar-refractivity contribution in [1.29, 1.82) is 0 Å². The molecule has 0 aliphatic heterocycles. The molecule has 16 heavy (non-hydrogen) atoms. The molecule has 0 unspecified atom stereocenters. The van der Waals surface area contributed by atoms with Crippen molar-refractivity contribution in [2.45, 2.75) is 0 Å². The first-order chi connectivity index (χ1) is 7.52. The van der Waals surface area contributed by atoms with Crippen LogP contribution in [0.4, 0.5) is 5.69 Å². The Morgan fingerprint density at radius 2 is 2.25 bits per heavy atom. The maximum atomic E-state index is 11.5. The highest BCUT2D eigenvalue weighted by molar-refractivity contribution is 9.10. The van der Waals surface area contributed by atoms with Gasteiger partial charge in [0.1, 0.15) is 5.56 Å². The molecule has 0 aromatic heterocycles. The van der Waals surface area contributed by atoms with Gasteiger partial charge in [0.2, 0.25) is 0 Å². The van der Waals surface area contributed by atoms with Crippen molar-refractivity contribution in [2.24, 2.45) is 0 Å². The number of carbonyl (C=O) groups excluding carboxylic acids is 1. The van der Waals surface area contributed by atoms with Crippen LogP contribution in [0.25, 0.3) is 0 Å². The molecule has 0 amide bonds. The standard InChI is InChI=1S/C9H7BrClNO4/c1-16-9-5(10)2-3-6(12(14)15)8(9)7(13)4-11/h2-3H,4H2,1H3. The van der Waals surface area contributed by atoms with E-state index in [0.29, 0.717) is 4.47 Å². The molecule has 1 aromatic carbocycles.